The highest BCUT2D eigenvalue weighted by Crippen LogP contribution is 2.41. The van der Waals surface area contributed by atoms with Gasteiger partial charge in [-0.05, 0) is 6.92 Å². The summed E-state index contributed by atoms with van der Waals surface area (Å²) in [4.78, 5) is 17.7. The summed E-state index contributed by atoms with van der Waals surface area (Å²) < 4.78 is 40.3. The average Bonchev–Trinajstić information content (AvgIpc) is 2.23. The van der Waals surface area contributed by atoms with Crippen molar-refractivity contribution < 1.29 is 23.0 Å². The van der Waals surface area contributed by atoms with Crippen molar-refractivity contribution in [2.24, 2.45) is 5.73 Å². The Morgan fingerprint density at radius 3 is 2.18 bits per heavy atom. The minimum atomic E-state index is -4.03. The Morgan fingerprint density at radius 2 is 1.82 bits per heavy atom. The predicted molar refractivity (Wildman–Crippen MR) is 47.7 cm³/mol. The van der Waals surface area contributed by atoms with Gasteiger partial charge in [0.25, 0.3) is 0 Å². The van der Waals surface area contributed by atoms with Crippen molar-refractivity contribution in [1.82, 2.24) is 0 Å². The van der Waals surface area contributed by atoms with Crippen molar-refractivity contribution in [1.29, 1.82) is 0 Å². The Morgan fingerprint density at radius 1 is 1.35 bits per heavy atom. The van der Waals surface area contributed by atoms with Crippen LogP contribution in [0.4, 0.5) is 13.2 Å². The summed E-state index contributed by atoms with van der Waals surface area (Å²) in [5.74, 6) is -7.80. The molecule has 0 fully saturated rings. The lowest BCUT2D eigenvalue weighted by atomic mass is 9.92. The molecule has 2 N–H and O–H groups in total. The standard InChI is InChI=1S/C7H6F3N3O4/c1-2-3(8)4(12(14)15)6(11)7(10,5(2)9)13(16)17/h6H,11H2,1H3. The molecular weight excluding hydrogens is 247 g/mol. The molecule has 0 amide bonds. The van der Waals surface area contributed by atoms with Gasteiger partial charge in [0.05, 0.1) is 9.85 Å². The Balaban J connectivity index is 3.58. The van der Waals surface area contributed by atoms with E-state index >= 15 is 0 Å². The van der Waals surface area contributed by atoms with Crippen LogP contribution in [0.3, 0.4) is 0 Å². The Hall–Kier alpha value is -1.97. The van der Waals surface area contributed by atoms with Crippen LogP contribution in [0.1, 0.15) is 6.92 Å². The summed E-state index contributed by atoms with van der Waals surface area (Å²) in [5.41, 5.74) is 2.18. The molecule has 2 unspecified atom stereocenters. The highest BCUT2D eigenvalue weighted by atomic mass is 19.2. The molecule has 0 spiro atoms. The van der Waals surface area contributed by atoms with Gasteiger partial charge in [-0.1, -0.05) is 0 Å². The summed E-state index contributed by atoms with van der Waals surface area (Å²) in [6.45, 7) is 0.651. The third kappa shape index (κ3) is 1.56. The number of hydrogen-bond donors (Lipinski definition) is 1. The number of nitrogens with zero attached hydrogens (tertiary/aromatic N) is 2. The van der Waals surface area contributed by atoms with Crippen molar-refractivity contribution in [2.45, 2.75) is 18.8 Å². The molecule has 1 rings (SSSR count). The van der Waals surface area contributed by atoms with E-state index in [0.29, 0.717) is 6.92 Å². The molecule has 0 saturated heterocycles. The fourth-order valence-corrected chi connectivity index (χ4v) is 1.39. The first kappa shape index (κ1) is 13.1. The molecule has 0 heterocycles. The van der Waals surface area contributed by atoms with E-state index in [1.54, 1.807) is 0 Å². The third-order valence-electron chi connectivity index (χ3n) is 2.36. The van der Waals surface area contributed by atoms with Gasteiger partial charge in [-0.2, -0.15) is 13.2 Å². The summed E-state index contributed by atoms with van der Waals surface area (Å²) >= 11 is 0. The molecule has 94 valence electrons. The second-order valence-corrected chi connectivity index (χ2v) is 3.30. The number of hydrogen-bond acceptors (Lipinski definition) is 5. The monoisotopic (exact) mass is 253 g/mol. The Bertz CT molecular complexity index is 475. The van der Waals surface area contributed by atoms with Crippen LogP contribution in [-0.2, 0) is 0 Å². The second kappa shape index (κ2) is 3.80. The number of rotatable bonds is 2. The molecule has 0 bridgehead atoms. The van der Waals surface area contributed by atoms with E-state index in [0.717, 1.165) is 0 Å². The van der Waals surface area contributed by atoms with Gasteiger partial charge in [0.1, 0.15) is 0 Å². The van der Waals surface area contributed by atoms with Crippen LogP contribution >= 0.6 is 0 Å². The molecule has 0 aliphatic heterocycles. The molecule has 2 atom stereocenters. The highest BCUT2D eigenvalue weighted by molar-refractivity contribution is 5.40. The van der Waals surface area contributed by atoms with E-state index < -0.39 is 44.6 Å². The Labute approximate surface area is 91.7 Å². The summed E-state index contributed by atoms with van der Waals surface area (Å²) in [6, 6.07) is -2.66. The molecule has 1 aliphatic rings. The molecule has 10 heteroatoms. The molecule has 0 saturated carbocycles. The minimum absolute atomic E-state index is 0.651. The van der Waals surface area contributed by atoms with Crippen molar-refractivity contribution in [3.8, 4) is 0 Å². The van der Waals surface area contributed by atoms with Crippen molar-refractivity contribution in [3.05, 3.63) is 43.2 Å². The van der Waals surface area contributed by atoms with E-state index in [1.807, 2.05) is 0 Å². The van der Waals surface area contributed by atoms with E-state index in [9.17, 15) is 33.4 Å². The highest BCUT2D eigenvalue weighted by Gasteiger charge is 2.64. The van der Waals surface area contributed by atoms with Crippen molar-refractivity contribution >= 4 is 0 Å². The van der Waals surface area contributed by atoms with Gasteiger partial charge < -0.3 is 5.73 Å². The lowest BCUT2D eigenvalue weighted by molar-refractivity contribution is -0.605. The van der Waals surface area contributed by atoms with Gasteiger partial charge in [-0.25, -0.2) is 0 Å². The van der Waals surface area contributed by atoms with Crippen LogP contribution in [0.15, 0.2) is 22.9 Å². The maximum atomic E-state index is 13.8. The van der Waals surface area contributed by atoms with Crippen molar-refractivity contribution in [3.63, 3.8) is 0 Å². The van der Waals surface area contributed by atoms with Gasteiger partial charge >= 0.3 is 11.5 Å². The van der Waals surface area contributed by atoms with Crippen molar-refractivity contribution in [2.75, 3.05) is 0 Å². The lowest BCUT2D eigenvalue weighted by Gasteiger charge is -2.24. The quantitative estimate of drug-likeness (QED) is 0.447. The zero-order valence-corrected chi connectivity index (χ0v) is 8.32. The number of alkyl halides is 1. The van der Waals surface area contributed by atoms with Gasteiger partial charge in [-0.3, -0.25) is 20.2 Å². The van der Waals surface area contributed by atoms with Crippen LogP contribution in [0.25, 0.3) is 0 Å². The maximum Gasteiger partial charge on any atom is 0.435 e. The molecule has 0 aromatic rings. The first-order valence-electron chi connectivity index (χ1n) is 4.16. The number of nitrogens with two attached hydrogens (primary N) is 1. The molecule has 0 radical (unpaired) electrons. The van der Waals surface area contributed by atoms with E-state index in [1.165, 1.54) is 0 Å². The summed E-state index contributed by atoms with van der Waals surface area (Å²) in [7, 11) is 0. The van der Waals surface area contributed by atoms with Gasteiger partial charge in [0.15, 0.2) is 0 Å². The maximum absolute atomic E-state index is 13.8. The largest absolute Gasteiger partial charge is 0.435 e. The molecule has 1 aliphatic carbocycles. The van der Waals surface area contributed by atoms with Crippen LogP contribution in [0.5, 0.6) is 0 Å². The SMILES string of the molecule is CC1=C(F)C(F)([N+](=O)[O-])C(N)C([N+](=O)[O-])=C1F. The zero-order valence-electron chi connectivity index (χ0n) is 8.32. The minimum Gasteiger partial charge on any atom is -0.310 e. The number of allylic oxidation sites excluding steroid dienone is 2. The molecular formula is C7H6F3N3O4. The van der Waals surface area contributed by atoms with Crippen LogP contribution in [0.2, 0.25) is 0 Å². The molecule has 0 aromatic carbocycles. The molecule has 7 nitrogen and oxygen atoms in total. The fraction of sp³-hybridized carbons (Fsp3) is 0.429. The van der Waals surface area contributed by atoms with Crippen LogP contribution in [-0.4, -0.2) is 21.7 Å². The van der Waals surface area contributed by atoms with E-state index in [2.05, 4.69) is 0 Å². The smallest absolute Gasteiger partial charge is 0.310 e. The van der Waals surface area contributed by atoms with E-state index in [-0.39, 0.29) is 0 Å². The van der Waals surface area contributed by atoms with E-state index in [4.69, 9.17) is 5.73 Å². The summed E-state index contributed by atoms with van der Waals surface area (Å²) in [6.07, 6.45) is 0. The third-order valence-corrected chi connectivity index (χ3v) is 2.36. The first-order valence-corrected chi connectivity index (χ1v) is 4.16. The number of halogens is 3. The van der Waals surface area contributed by atoms with Gasteiger partial charge in [0, 0.05) is 5.57 Å². The van der Waals surface area contributed by atoms with Gasteiger partial charge in [-0.15, -0.1) is 0 Å². The predicted octanol–water partition coefficient (Wildman–Crippen LogP) is 0.971. The lowest BCUT2D eigenvalue weighted by Crippen LogP contribution is -2.55. The zero-order chi connectivity index (χ0) is 13.5. The molecule has 0 aromatic heterocycles. The number of nitro groups is 2. The Kier molecular flexibility index (Phi) is 2.93. The first-order chi connectivity index (χ1) is 7.65. The fourth-order valence-electron chi connectivity index (χ4n) is 1.39. The summed E-state index contributed by atoms with van der Waals surface area (Å²) in [5, 5.41) is 20.9. The molecule has 17 heavy (non-hydrogen) atoms. The second-order valence-electron chi connectivity index (χ2n) is 3.30. The van der Waals surface area contributed by atoms with Crippen LogP contribution < -0.4 is 5.73 Å². The van der Waals surface area contributed by atoms with Crippen LogP contribution in [0, 0.1) is 20.2 Å². The normalized spacial score (nSPS) is 29.6. The topological polar surface area (TPSA) is 112 Å². The van der Waals surface area contributed by atoms with Gasteiger partial charge in [0.2, 0.25) is 17.7 Å². The average molecular weight is 253 g/mol.